The van der Waals surface area contributed by atoms with Crippen molar-refractivity contribution in [2.75, 3.05) is 6.61 Å². The third-order valence-electron chi connectivity index (χ3n) is 4.58. The topological polar surface area (TPSA) is 73.3 Å². The maximum atomic E-state index is 13.3. The Balaban J connectivity index is 2.03. The van der Waals surface area contributed by atoms with Crippen LogP contribution in [0.25, 0.3) is 0 Å². The molecular formula is C19H21NO4S. The highest BCUT2D eigenvalue weighted by molar-refractivity contribution is 7.91. The number of sulfone groups is 1. The fourth-order valence-electron chi connectivity index (χ4n) is 3.25. The number of rotatable bonds is 6. The van der Waals surface area contributed by atoms with Gasteiger partial charge < -0.3 is 4.74 Å². The number of ether oxygens (including phenoxy) is 1. The smallest absolute Gasteiger partial charge is 0.309 e. The lowest BCUT2D eigenvalue weighted by Crippen LogP contribution is -2.20. The van der Waals surface area contributed by atoms with E-state index in [4.69, 9.17) is 4.74 Å². The maximum absolute atomic E-state index is 13.3. The van der Waals surface area contributed by atoms with E-state index in [9.17, 15) is 13.2 Å². The first kappa shape index (κ1) is 17.6. The zero-order chi connectivity index (χ0) is 18.0. The van der Waals surface area contributed by atoms with E-state index in [1.54, 1.807) is 62.5 Å². The van der Waals surface area contributed by atoms with Crippen molar-refractivity contribution in [1.82, 2.24) is 4.98 Å². The average Bonchev–Trinajstić information content (AvgIpc) is 3.38. The predicted octanol–water partition coefficient (Wildman–Crippen LogP) is 3.10. The van der Waals surface area contributed by atoms with Gasteiger partial charge in [-0.2, -0.15) is 0 Å². The van der Waals surface area contributed by atoms with Crippen molar-refractivity contribution in [3.05, 3.63) is 59.9 Å². The van der Waals surface area contributed by atoms with E-state index >= 15 is 0 Å². The summed E-state index contributed by atoms with van der Waals surface area (Å²) in [5, 5.41) is -0.794. The number of benzene rings is 1. The molecule has 3 rings (SSSR count). The Kier molecular flexibility index (Phi) is 4.90. The van der Waals surface area contributed by atoms with Crippen LogP contribution in [-0.2, 0) is 19.4 Å². The Hall–Kier alpha value is -2.21. The second-order valence-corrected chi connectivity index (χ2v) is 8.28. The van der Waals surface area contributed by atoms with E-state index in [1.807, 2.05) is 0 Å². The van der Waals surface area contributed by atoms with E-state index < -0.39 is 15.1 Å². The van der Waals surface area contributed by atoms with E-state index in [1.165, 1.54) is 0 Å². The van der Waals surface area contributed by atoms with Crippen molar-refractivity contribution in [3.8, 4) is 0 Å². The SMILES string of the molecule is CCOC(=O)C1CC1C(c1cccnc1C)S(=O)(=O)c1ccccc1. The van der Waals surface area contributed by atoms with Crippen molar-refractivity contribution in [2.45, 2.75) is 30.4 Å². The van der Waals surface area contributed by atoms with Crippen LogP contribution in [0.15, 0.2) is 53.6 Å². The summed E-state index contributed by atoms with van der Waals surface area (Å²) in [6.07, 6.45) is 2.16. The van der Waals surface area contributed by atoms with Gasteiger partial charge in [-0.25, -0.2) is 8.42 Å². The summed E-state index contributed by atoms with van der Waals surface area (Å²) in [6, 6.07) is 11.9. The monoisotopic (exact) mass is 359 g/mol. The van der Waals surface area contributed by atoms with E-state index in [2.05, 4.69) is 4.98 Å². The number of hydrogen-bond donors (Lipinski definition) is 0. The van der Waals surface area contributed by atoms with E-state index in [0.29, 0.717) is 24.3 Å². The molecule has 0 spiro atoms. The normalized spacial score (nSPS) is 20.7. The molecule has 3 unspecified atom stereocenters. The van der Waals surface area contributed by atoms with Gasteiger partial charge in [-0.15, -0.1) is 0 Å². The van der Waals surface area contributed by atoms with Gasteiger partial charge >= 0.3 is 5.97 Å². The quantitative estimate of drug-likeness (QED) is 0.741. The molecule has 1 aromatic heterocycles. The van der Waals surface area contributed by atoms with Gasteiger partial charge in [0, 0.05) is 11.9 Å². The zero-order valence-corrected chi connectivity index (χ0v) is 15.1. The van der Waals surface area contributed by atoms with Crippen LogP contribution in [0.3, 0.4) is 0 Å². The predicted molar refractivity (Wildman–Crippen MR) is 93.6 cm³/mol. The van der Waals surface area contributed by atoms with Crippen LogP contribution in [0.1, 0.15) is 29.9 Å². The molecule has 132 valence electrons. The lowest BCUT2D eigenvalue weighted by molar-refractivity contribution is -0.145. The Morgan fingerprint density at radius 1 is 1.24 bits per heavy atom. The molecule has 0 aliphatic heterocycles. The zero-order valence-electron chi connectivity index (χ0n) is 14.3. The van der Waals surface area contributed by atoms with Gasteiger partial charge in [0.25, 0.3) is 0 Å². The fourth-order valence-corrected chi connectivity index (χ4v) is 5.43. The molecule has 2 aromatic rings. The molecule has 25 heavy (non-hydrogen) atoms. The van der Waals surface area contributed by atoms with Crippen LogP contribution in [-0.4, -0.2) is 26.0 Å². The van der Waals surface area contributed by atoms with Gasteiger partial charge in [0.2, 0.25) is 0 Å². The van der Waals surface area contributed by atoms with Crippen LogP contribution in [0.2, 0.25) is 0 Å². The third kappa shape index (κ3) is 3.44. The number of carbonyl (C=O) groups is 1. The summed E-state index contributed by atoms with van der Waals surface area (Å²) >= 11 is 0. The van der Waals surface area contributed by atoms with Crippen LogP contribution < -0.4 is 0 Å². The molecule has 0 radical (unpaired) electrons. The largest absolute Gasteiger partial charge is 0.466 e. The molecule has 0 amide bonds. The number of aryl methyl sites for hydroxylation is 1. The maximum Gasteiger partial charge on any atom is 0.309 e. The number of nitrogens with zero attached hydrogens (tertiary/aromatic N) is 1. The lowest BCUT2D eigenvalue weighted by Gasteiger charge is -2.20. The van der Waals surface area contributed by atoms with Gasteiger partial charge in [-0.05, 0) is 49.9 Å². The molecule has 1 aromatic carbocycles. The van der Waals surface area contributed by atoms with Crippen molar-refractivity contribution in [1.29, 1.82) is 0 Å². The Labute approximate surface area is 148 Å². The number of pyridine rings is 1. The Bertz CT molecular complexity index is 864. The summed E-state index contributed by atoms with van der Waals surface area (Å²) < 4.78 is 31.7. The van der Waals surface area contributed by atoms with Crippen LogP contribution in [0, 0.1) is 18.8 Å². The van der Waals surface area contributed by atoms with Crippen LogP contribution >= 0.6 is 0 Å². The van der Waals surface area contributed by atoms with Gasteiger partial charge in [0.05, 0.1) is 22.7 Å². The average molecular weight is 359 g/mol. The third-order valence-corrected chi connectivity index (χ3v) is 6.78. The molecule has 1 aliphatic rings. The van der Waals surface area contributed by atoms with E-state index in [0.717, 1.165) is 0 Å². The molecule has 1 fully saturated rings. The van der Waals surface area contributed by atoms with Crippen molar-refractivity contribution in [3.63, 3.8) is 0 Å². The first-order valence-corrected chi connectivity index (χ1v) is 9.88. The van der Waals surface area contributed by atoms with Crippen LogP contribution in [0.4, 0.5) is 0 Å². The summed E-state index contributed by atoms with van der Waals surface area (Å²) in [4.78, 5) is 16.6. The number of carbonyl (C=O) groups excluding carboxylic acids is 1. The molecular weight excluding hydrogens is 338 g/mol. The van der Waals surface area contributed by atoms with Gasteiger partial charge in [0.15, 0.2) is 9.84 Å². The highest BCUT2D eigenvalue weighted by Crippen LogP contribution is 2.53. The summed E-state index contributed by atoms with van der Waals surface area (Å²) in [7, 11) is -3.64. The Morgan fingerprint density at radius 2 is 1.96 bits per heavy atom. The van der Waals surface area contributed by atoms with Gasteiger partial charge in [-0.1, -0.05) is 24.3 Å². The molecule has 1 saturated carbocycles. The van der Waals surface area contributed by atoms with Gasteiger partial charge in [0.1, 0.15) is 0 Å². The highest BCUT2D eigenvalue weighted by atomic mass is 32.2. The molecule has 3 atom stereocenters. The fraction of sp³-hybridized carbons (Fsp3) is 0.368. The highest BCUT2D eigenvalue weighted by Gasteiger charge is 2.54. The molecule has 1 aliphatic carbocycles. The molecule has 1 heterocycles. The van der Waals surface area contributed by atoms with Crippen molar-refractivity contribution < 1.29 is 17.9 Å². The molecule has 0 saturated heterocycles. The second-order valence-electron chi connectivity index (χ2n) is 6.21. The first-order chi connectivity index (χ1) is 12.0. The lowest BCUT2D eigenvalue weighted by atomic mass is 10.1. The van der Waals surface area contributed by atoms with Crippen LogP contribution in [0.5, 0.6) is 0 Å². The molecule has 0 N–H and O–H groups in total. The summed E-state index contributed by atoms with van der Waals surface area (Å²) in [5.41, 5.74) is 1.32. The van der Waals surface area contributed by atoms with Crippen molar-refractivity contribution >= 4 is 15.8 Å². The second kappa shape index (κ2) is 6.96. The Morgan fingerprint density at radius 3 is 2.60 bits per heavy atom. The number of aromatic nitrogens is 1. The molecule has 0 bridgehead atoms. The number of esters is 1. The minimum Gasteiger partial charge on any atom is -0.466 e. The minimum atomic E-state index is -3.64. The van der Waals surface area contributed by atoms with E-state index in [-0.39, 0.29) is 22.7 Å². The standard InChI is InChI=1S/C19H21NO4S/c1-3-24-19(21)17-12-16(17)18(15-10-7-11-20-13(15)2)25(22,23)14-8-5-4-6-9-14/h4-11,16-18H,3,12H2,1-2H3. The minimum absolute atomic E-state index is 0.262. The summed E-state index contributed by atoms with van der Waals surface area (Å²) in [6.45, 7) is 3.84. The first-order valence-electron chi connectivity index (χ1n) is 8.34. The summed E-state index contributed by atoms with van der Waals surface area (Å²) in [5.74, 6) is -0.975. The number of hydrogen-bond acceptors (Lipinski definition) is 5. The van der Waals surface area contributed by atoms with Gasteiger partial charge in [-0.3, -0.25) is 9.78 Å². The molecule has 6 heteroatoms. The van der Waals surface area contributed by atoms with Crippen molar-refractivity contribution in [2.24, 2.45) is 11.8 Å². The molecule has 5 nitrogen and oxygen atoms in total.